The Bertz CT molecular complexity index is 872. The van der Waals surface area contributed by atoms with E-state index >= 15 is 0 Å². The average Bonchev–Trinajstić information content (AvgIpc) is 2.65. The molecule has 2 fully saturated rings. The highest BCUT2D eigenvalue weighted by Gasteiger charge is 2.38. The minimum atomic E-state index is 0.132. The number of benzene rings is 1. The monoisotopic (exact) mass is 364 g/mol. The molecule has 5 heteroatoms. The summed E-state index contributed by atoms with van der Waals surface area (Å²) in [5.74, 6) is 1.26. The molecule has 1 amide bonds. The van der Waals surface area contributed by atoms with Gasteiger partial charge in [-0.3, -0.25) is 14.8 Å². The lowest BCUT2D eigenvalue weighted by Crippen LogP contribution is -2.50. The zero-order chi connectivity index (χ0) is 19.0. The number of aromatic nitrogens is 1. The molecule has 1 aromatic heterocycles. The predicted octanol–water partition coefficient (Wildman–Crippen LogP) is 2.97. The first-order chi connectivity index (χ1) is 13.1. The molecule has 2 N–H and O–H groups in total. The van der Waals surface area contributed by atoms with Gasteiger partial charge in [0, 0.05) is 61.4 Å². The maximum atomic E-state index is 12.9. The summed E-state index contributed by atoms with van der Waals surface area (Å²) in [4.78, 5) is 23.7. The number of amides is 1. The summed E-state index contributed by atoms with van der Waals surface area (Å²) in [6.45, 7) is 3.90. The van der Waals surface area contributed by atoms with Crippen LogP contribution >= 0.6 is 0 Å². The van der Waals surface area contributed by atoms with E-state index in [9.17, 15) is 4.79 Å². The van der Waals surface area contributed by atoms with E-state index in [4.69, 9.17) is 5.73 Å². The van der Waals surface area contributed by atoms with E-state index in [-0.39, 0.29) is 12.0 Å². The lowest BCUT2D eigenvalue weighted by atomic mass is 9.78. The molecule has 0 spiro atoms. The fourth-order valence-corrected chi connectivity index (χ4v) is 4.69. The summed E-state index contributed by atoms with van der Waals surface area (Å²) in [6.07, 6.45) is 6.47. The van der Waals surface area contributed by atoms with Crippen LogP contribution in [0.1, 0.15) is 43.2 Å². The summed E-state index contributed by atoms with van der Waals surface area (Å²) >= 11 is 0. The molecule has 2 aliphatic rings. The van der Waals surface area contributed by atoms with Crippen LogP contribution in [0.5, 0.6) is 0 Å². The molecule has 27 heavy (non-hydrogen) atoms. The number of hydrogen-bond donors (Lipinski definition) is 1. The van der Waals surface area contributed by atoms with Gasteiger partial charge in [-0.1, -0.05) is 25.1 Å². The summed E-state index contributed by atoms with van der Waals surface area (Å²) in [5.41, 5.74) is 9.21. The van der Waals surface area contributed by atoms with Gasteiger partial charge in [0.15, 0.2) is 0 Å². The van der Waals surface area contributed by atoms with Crippen LogP contribution in [0.4, 0.5) is 0 Å². The lowest BCUT2D eigenvalue weighted by molar-refractivity contribution is -0.140. The van der Waals surface area contributed by atoms with Gasteiger partial charge >= 0.3 is 0 Å². The van der Waals surface area contributed by atoms with E-state index in [1.54, 1.807) is 7.05 Å². The first-order valence-corrected chi connectivity index (χ1v) is 9.91. The molecule has 0 unspecified atom stereocenters. The van der Waals surface area contributed by atoms with Crippen LogP contribution in [0.15, 0.2) is 35.5 Å². The molecule has 1 saturated carbocycles. The molecule has 0 radical (unpaired) electrons. The SMILES string of the molecule is CN=Cc1ccc([C@@H]2C[C@@H](C)CN(C(=O)C3CC(N)C3)C2)c2cccnc12. The predicted molar refractivity (Wildman–Crippen MR) is 109 cm³/mol. The number of carbonyl (C=O) groups is 1. The second kappa shape index (κ2) is 7.39. The zero-order valence-corrected chi connectivity index (χ0v) is 16.1. The Kier molecular flexibility index (Phi) is 4.96. The van der Waals surface area contributed by atoms with Crippen LogP contribution in [-0.4, -0.2) is 48.2 Å². The van der Waals surface area contributed by atoms with Crippen LogP contribution in [0.3, 0.4) is 0 Å². The summed E-state index contributed by atoms with van der Waals surface area (Å²) in [7, 11) is 1.78. The fraction of sp³-hybridized carbons (Fsp3) is 0.500. The van der Waals surface area contributed by atoms with E-state index in [2.05, 4.69) is 40.0 Å². The highest BCUT2D eigenvalue weighted by Crippen LogP contribution is 2.36. The Labute approximate surface area is 160 Å². The van der Waals surface area contributed by atoms with Gasteiger partial charge in [0.25, 0.3) is 0 Å². The third-order valence-corrected chi connectivity index (χ3v) is 6.04. The van der Waals surface area contributed by atoms with Crippen molar-refractivity contribution in [1.82, 2.24) is 9.88 Å². The van der Waals surface area contributed by atoms with Crippen molar-refractivity contribution in [3.8, 4) is 0 Å². The van der Waals surface area contributed by atoms with Crippen molar-refractivity contribution in [2.45, 2.75) is 38.1 Å². The number of aliphatic imine (C=N–C) groups is 1. The van der Waals surface area contributed by atoms with Crippen molar-refractivity contribution < 1.29 is 4.79 Å². The van der Waals surface area contributed by atoms with Gasteiger partial charge < -0.3 is 10.6 Å². The molecular weight excluding hydrogens is 336 g/mol. The maximum absolute atomic E-state index is 12.9. The number of pyridine rings is 1. The molecule has 2 atom stereocenters. The molecular formula is C22H28N4O. The van der Waals surface area contributed by atoms with Gasteiger partial charge in [0.1, 0.15) is 0 Å². The van der Waals surface area contributed by atoms with Crippen molar-refractivity contribution in [3.05, 3.63) is 41.6 Å². The Balaban J connectivity index is 1.64. The second-order valence-corrected chi connectivity index (χ2v) is 8.24. The van der Waals surface area contributed by atoms with E-state index < -0.39 is 0 Å². The number of piperidine rings is 1. The van der Waals surface area contributed by atoms with Crippen LogP contribution in [0, 0.1) is 11.8 Å². The largest absolute Gasteiger partial charge is 0.342 e. The van der Waals surface area contributed by atoms with Crippen LogP contribution in [0.25, 0.3) is 10.9 Å². The Morgan fingerprint density at radius 2 is 2.07 bits per heavy atom. The molecule has 142 valence electrons. The van der Waals surface area contributed by atoms with Crippen molar-refractivity contribution in [1.29, 1.82) is 0 Å². The highest BCUT2D eigenvalue weighted by atomic mass is 16.2. The summed E-state index contributed by atoms with van der Waals surface area (Å²) in [5, 5.41) is 1.17. The van der Waals surface area contributed by atoms with Crippen molar-refractivity contribution in [2.75, 3.05) is 20.1 Å². The highest BCUT2D eigenvalue weighted by molar-refractivity contribution is 5.99. The number of carbonyl (C=O) groups excluding carboxylic acids is 1. The lowest BCUT2D eigenvalue weighted by Gasteiger charge is -2.41. The summed E-state index contributed by atoms with van der Waals surface area (Å²) < 4.78 is 0. The first kappa shape index (κ1) is 18.1. The Morgan fingerprint density at radius 1 is 1.26 bits per heavy atom. The number of nitrogens with two attached hydrogens (primary N) is 1. The molecule has 2 aromatic rings. The number of hydrogen-bond acceptors (Lipinski definition) is 4. The van der Waals surface area contributed by atoms with Crippen LogP contribution in [0.2, 0.25) is 0 Å². The summed E-state index contributed by atoms with van der Waals surface area (Å²) in [6, 6.07) is 8.64. The molecule has 1 aliphatic heterocycles. The maximum Gasteiger partial charge on any atom is 0.225 e. The molecule has 1 aliphatic carbocycles. The third kappa shape index (κ3) is 3.48. The third-order valence-electron chi connectivity index (χ3n) is 6.04. The molecule has 1 aromatic carbocycles. The zero-order valence-electron chi connectivity index (χ0n) is 16.1. The average molecular weight is 364 g/mol. The normalized spacial score (nSPS) is 28.5. The Morgan fingerprint density at radius 3 is 2.81 bits per heavy atom. The standard InChI is InChI=1S/C22H28N4O/c1-14-8-17(13-26(12-14)22(27)16-9-18(23)10-16)19-6-5-15(11-24-2)21-20(19)4-3-7-25-21/h3-7,11,14,16-18H,8-10,12-13,23H2,1-2H3/t14-,16?,17-,18?/m1/s1. The van der Waals surface area contributed by atoms with Gasteiger partial charge in [-0.05, 0) is 36.8 Å². The van der Waals surface area contributed by atoms with Crippen LogP contribution < -0.4 is 5.73 Å². The molecule has 5 nitrogen and oxygen atoms in total. The van der Waals surface area contributed by atoms with Crippen molar-refractivity contribution in [2.24, 2.45) is 22.6 Å². The first-order valence-electron chi connectivity index (χ1n) is 9.91. The molecule has 0 bridgehead atoms. The van der Waals surface area contributed by atoms with E-state index in [1.807, 2.05) is 18.5 Å². The molecule has 4 rings (SSSR count). The molecule has 2 heterocycles. The quantitative estimate of drug-likeness (QED) is 0.851. The van der Waals surface area contributed by atoms with E-state index in [1.165, 1.54) is 10.9 Å². The van der Waals surface area contributed by atoms with Crippen molar-refractivity contribution in [3.63, 3.8) is 0 Å². The second-order valence-electron chi connectivity index (χ2n) is 8.24. The van der Waals surface area contributed by atoms with E-state index in [0.29, 0.717) is 17.7 Å². The topological polar surface area (TPSA) is 71.6 Å². The number of fused-ring (bicyclic) bond motifs is 1. The van der Waals surface area contributed by atoms with Gasteiger partial charge in [0.2, 0.25) is 5.91 Å². The molecule has 1 saturated heterocycles. The van der Waals surface area contributed by atoms with Gasteiger partial charge in [0.05, 0.1) is 5.52 Å². The Hall–Kier alpha value is -2.27. The van der Waals surface area contributed by atoms with E-state index in [0.717, 1.165) is 43.4 Å². The fourth-order valence-electron chi connectivity index (χ4n) is 4.69. The number of rotatable bonds is 3. The number of nitrogens with zero attached hydrogens (tertiary/aromatic N) is 3. The number of likely N-dealkylation sites (tertiary alicyclic amines) is 1. The van der Waals surface area contributed by atoms with Gasteiger partial charge in [-0.2, -0.15) is 0 Å². The smallest absolute Gasteiger partial charge is 0.225 e. The van der Waals surface area contributed by atoms with Gasteiger partial charge in [-0.25, -0.2) is 0 Å². The van der Waals surface area contributed by atoms with Crippen molar-refractivity contribution >= 4 is 23.0 Å². The minimum absolute atomic E-state index is 0.132. The van der Waals surface area contributed by atoms with Gasteiger partial charge in [-0.15, -0.1) is 0 Å². The van der Waals surface area contributed by atoms with Crippen LogP contribution in [-0.2, 0) is 4.79 Å². The minimum Gasteiger partial charge on any atom is -0.342 e.